The van der Waals surface area contributed by atoms with Gasteiger partial charge in [-0.05, 0) is 28.7 Å². The Morgan fingerprint density at radius 3 is 2.75 bits per heavy atom. The van der Waals surface area contributed by atoms with E-state index in [0.29, 0.717) is 6.42 Å². The van der Waals surface area contributed by atoms with E-state index < -0.39 is 20.0 Å². The molecule has 0 spiro atoms. The Labute approximate surface area is 78.5 Å². The fraction of sp³-hybridized carbons (Fsp3) is 0.400. The summed E-state index contributed by atoms with van der Waals surface area (Å²) < 4.78 is 34.9. The van der Waals surface area contributed by atoms with Gasteiger partial charge in [-0.3, -0.25) is 0 Å². The Bertz CT molecular complexity index is 232. The SMILES string of the molecule is CCC1=S(O[Cl+3]([O-])([O-])[O-])SC=C1. The molecular weight excluding hydrogens is 224 g/mol. The first-order valence-corrected chi connectivity index (χ1v) is 6.85. The van der Waals surface area contributed by atoms with Crippen LogP contribution in [0.5, 0.6) is 0 Å². The molecule has 0 saturated heterocycles. The minimum atomic E-state index is -4.30. The summed E-state index contributed by atoms with van der Waals surface area (Å²) in [6.45, 7) is 1.88. The molecule has 0 bridgehead atoms. The van der Waals surface area contributed by atoms with Crippen molar-refractivity contribution >= 4 is 25.5 Å². The molecule has 1 unspecified atom stereocenters. The summed E-state index contributed by atoms with van der Waals surface area (Å²) in [5.74, 6) is 0. The third-order valence-electron chi connectivity index (χ3n) is 1.09. The molecule has 4 nitrogen and oxygen atoms in total. The second-order valence-electron chi connectivity index (χ2n) is 1.89. The summed E-state index contributed by atoms with van der Waals surface area (Å²) in [6, 6.07) is 0. The van der Waals surface area contributed by atoms with Crippen LogP contribution in [0.25, 0.3) is 0 Å². The van der Waals surface area contributed by atoms with Crippen molar-refractivity contribution in [3.8, 4) is 0 Å². The number of hydrogen-bond acceptors (Lipinski definition) is 5. The van der Waals surface area contributed by atoms with E-state index in [0.717, 1.165) is 4.86 Å². The first-order chi connectivity index (χ1) is 5.53. The molecular formula is C5H7ClO4S2. The first-order valence-electron chi connectivity index (χ1n) is 3.07. The molecule has 0 N–H and O–H groups in total. The first kappa shape index (κ1) is 10.5. The van der Waals surface area contributed by atoms with Gasteiger partial charge in [0, 0.05) is 4.86 Å². The van der Waals surface area contributed by atoms with E-state index in [9.17, 15) is 14.0 Å². The molecule has 1 aliphatic heterocycles. The van der Waals surface area contributed by atoms with E-state index in [-0.39, 0.29) is 0 Å². The number of hydrogen-bond donors (Lipinski definition) is 0. The summed E-state index contributed by atoms with van der Waals surface area (Å²) >= 11 is 0. The molecule has 0 saturated carbocycles. The second kappa shape index (κ2) is 4.10. The zero-order chi connectivity index (χ0) is 9.19. The van der Waals surface area contributed by atoms with Crippen LogP contribution in [-0.2, 0) is 3.74 Å². The van der Waals surface area contributed by atoms with Gasteiger partial charge >= 0.3 is 0 Å². The van der Waals surface area contributed by atoms with Crippen molar-refractivity contribution in [2.45, 2.75) is 13.3 Å². The molecule has 0 aromatic carbocycles. The van der Waals surface area contributed by atoms with Gasteiger partial charge < -0.3 is 0 Å². The Kier molecular flexibility index (Phi) is 3.59. The minimum Gasteiger partial charge on any atom is -0.182 e. The zero-order valence-electron chi connectivity index (χ0n) is 6.19. The molecule has 0 aliphatic carbocycles. The van der Waals surface area contributed by atoms with E-state index >= 15 is 0 Å². The summed E-state index contributed by atoms with van der Waals surface area (Å²) in [5, 5.41) is 1.72. The van der Waals surface area contributed by atoms with Crippen molar-refractivity contribution in [3.63, 3.8) is 0 Å². The van der Waals surface area contributed by atoms with E-state index in [1.165, 1.54) is 10.8 Å². The smallest absolute Gasteiger partial charge is 0.174 e. The van der Waals surface area contributed by atoms with Crippen molar-refractivity contribution in [1.82, 2.24) is 0 Å². The average molecular weight is 231 g/mol. The van der Waals surface area contributed by atoms with Crippen LogP contribution in [0.2, 0.25) is 0 Å². The van der Waals surface area contributed by atoms with Gasteiger partial charge in [0.1, 0.15) is 3.74 Å². The minimum absolute atomic E-state index is 0.692. The highest BCUT2D eigenvalue weighted by Crippen LogP contribution is 2.41. The lowest BCUT2D eigenvalue weighted by atomic mass is 10.3. The van der Waals surface area contributed by atoms with Crippen molar-refractivity contribution < 1.29 is 28.0 Å². The Morgan fingerprint density at radius 1 is 1.58 bits per heavy atom. The summed E-state index contributed by atoms with van der Waals surface area (Å²) in [5.41, 5.74) is 0. The normalized spacial score (nSPS) is 23.7. The molecule has 0 radical (unpaired) electrons. The third kappa shape index (κ3) is 3.06. The maximum atomic E-state index is 10.2. The van der Waals surface area contributed by atoms with Gasteiger partial charge in [0.15, 0.2) is 9.80 Å². The van der Waals surface area contributed by atoms with Crippen molar-refractivity contribution in [3.05, 3.63) is 11.5 Å². The quantitative estimate of drug-likeness (QED) is 0.452. The highest BCUT2D eigenvalue weighted by atomic mass is 35.7. The van der Waals surface area contributed by atoms with Gasteiger partial charge in [0.2, 0.25) is 0 Å². The maximum absolute atomic E-state index is 10.2. The van der Waals surface area contributed by atoms with E-state index in [1.807, 2.05) is 6.92 Å². The molecule has 7 heteroatoms. The third-order valence-corrected chi connectivity index (χ3v) is 5.41. The maximum Gasteiger partial charge on any atom is 0.174 e. The summed E-state index contributed by atoms with van der Waals surface area (Å²) in [4.78, 5) is 0.840. The molecule has 1 aliphatic rings. The predicted octanol–water partition coefficient (Wildman–Crippen LogP) is -1.16. The van der Waals surface area contributed by atoms with Crippen LogP contribution in [0.1, 0.15) is 13.3 Å². The standard InChI is InChI=1S/C5H7ClO4S2/c1-2-5-3-4-11-12(5)10-6(7,8)9/h3-4H,2H2,1H3. The van der Waals surface area contributed by atoms with Gasteiger partial charge in [-0.15, -0.1) is 0 Å². The molecule has 0 aromatic heterocycles. The lowest BCUT2D eigenvalue weighted by molar-refractivity contribution is -1.91. The van der Waals surface area contributed by atoms with Gasteiger partial charge in [-0.2, -0.15) is 14.0 Å². The molecule has 70 valence electrons. The van der Waals surface area contributed by atoms with Crippen LogP contribution in [0.15, 0.2) is 11.5 Å². The van der Waals surface area contributed by atoms with Crippen molar-refractivity contribution in [1.29, 1.82) is 0 Å². The summed E-state index contributed by atoms with van der Waals surface area (Å²) in [6.07, 6.45) is 2.46. The van der Waals surface area contributed by atoms with Crippen LogP contribution in [-0.4, -0.2) is 4.86 Å². The average Bonchev–Trinajstić information content (AvgIpc) is 2.31. The Balaban J connectivity index is 2.65. The number of allylic oxidation sites excluding steroid dienone is 1. The number of halogens is 1. The number of rotatable bonds is 3. The highest BCUT2D eigenvalue weighted by molar-refractivity contribution is 8.83. The summed E-state index contributed by atoms with van der Waals surface area (Å²) in [7, 11) is -4.03. The molecule has 0 fully saturated rings. The predicted molar refractivity (Wildman–Crippen MR) is 40.7 cm³/mol. The van der Waals surface area contributed by atoms with E-state index in [2.05, 4.69) is 3.74 Å². The van der Waals surface area contributed by atoms with Crippen LogP contribution in [0, 0.1) is 10.2 Å². The van der Waals surface area contributed by atoms with Gasteiger partial charge in [0.25, 0.3) is 0 Å². The Hall–Kier alpha value is 0.440. The molecule has 1 atom stereocenters. The fourth-order valence-electron chi connectivity index (χ4n) is 0.633. The van der Waals surface area contributed by atoms with Crippen molar-refractivity contribution in [2.75, 3.05) is 0 Å². The second-order valence-corrected chi connectivity index (χ2v) is 6.10. The Morgan fingerprint density at radius 2 is 2.25 bits per heavy atom. The van der Waals surface area contributed by atoms with Crippen LogP contribution < -0.4 is 14.0 Å². The molecule has 0 aromatic rings. The van der Waals surface area contributed by atoms with E-state index in [4.69, 9.17) is 0 Å². The lowest BCUT2D eigenvalue weighted by Crippen LogP contribution is -2.60. The van der Waals surface area contributed by atoms with Crippen LogP contribution in [0.4, 0.5) is 0 Å². The van der Waals surface area contributed by atoms with Gasteiger partial charge in [0.05, 0.1) is 10.2 Å². The fourth-order valence-corrected chi connectivity index (χ4v) is 4.78. The van der Waals surface area contributed by atoms with Gasteiger partial charge in [-0.1, -0.05) is 6.92 Å². The monoisotopic (exact) mass is 230 g/mol. The molecule has 12 heavy (non-hydrogen) atoms. The van der Waals surface area contributed by atoms with Crippen molar-refractivity contribution in [2.24, 2.45) is 0 Å². The van der Waals surface area contributed by atoms with Gasteiger partial charge in [-0.25, -0.2) is 0 Å². The molecule has 0 amide bonds. The van der Waals surface area contributed by atoms with E-state index in [1.54, 1.807) is 11.5 Å². The zero-order valence-corrected chi connectivity index (χ0v) is 8.58. The van der Waals surface area contributed by atoms with Crippen LogP contribution in [0.3, 0.4) is 0 Å². The largest absolute Gasteiger partial charge is 0.182 e. The molecule has 1 heterocycles. The van der Waals surface area contributed by atoms with Crippen LogP contribution >= 0.6 is 20.6 Å². The molecule has 1 rings (SSSR count). The highest BCUT2D eigenvalue weighted by Gasteiger charge is 2.26. The topological polar surface area (TPSA) is 78.4 Å². The lowest BCUT2D eigenvalue weighted by Gasteiger charge is -2.12.